The van der Waals surface area contributed by atoms with Gasteiger partial charge in [0.05, 0.1) is 0 Å². The maximum atomic E-state index is 5.36. The summed E-state index contributed by atoms with van der Waals surface area (Å²) in [6.45, 7) is 3.75. The number of hydrogen-bond acceptors (Lipinski definition) is 3. The molecule has 4 heteroatoms. The Morgan fingerprint density at radius 2 is 2.19 bits per heavy atom. The zero-order chi connectivity index (χ0) is 11.0. The van der Waals surface area contributed by atoms with E-state index in [4.69, 9.17) is 4.74 Å². The summed E-state index contributed by atoms with van der Waals surface area (Å²) in [5.74, 6) is 1.57. The van der Waals surface area contributed by atoms with Crippen molar-refractivity contribution in [2.75, 3.05) is 13.2 Å². The molecule has 2 aromatic heterocycles. The first-order valence-corrected chi connectivity index (χ1v) is 5.73. The van der Waals surface area contributed by atoms with Crippen molar-refractivity contribution < 1.29 is 4.74 Å². The highest BCUT2D eigenvalue weighted by atomic mass is 16.5. The number of fused-ring (bicyclic) bond motifs is 1. The standard InChI is InChI=1S/C12H15N3O/c1-8-2-5-13-12-10(8)14-11(15-12)9-3-6-16-7-4-9/h2,5,9H,3-4,6-7H2,1H3,(H,13,14,15). The van der Waals surface area contributed by atoms with Crippen LogP contribution >= 0.6 is 0 Å². The van der Waals surface area contributed by atoms with Gasteiger partial charge in [0.1, 0.15) is 11.3 Å². The van der Waals surface area contributed by atoms with Crippen molar-refractivity contribution in [1.29, 1.82) is 0 Å². The van der Waals surface area contributed by atoms with Crippen molar-refractivity contribution in [3.05, 3.63) is 23.7 Å². The Morgan fingerprint density at radius 1 is 1.38 bits per heavy atom. The number of aryl methyl sites for hydroxylation is 1. The predicted molar refractivity (Wildman–Crippen MR) is 61.4 cm³/mol. The molecule has 1 saturated heterocycles. The smallest absolute Gasteiger partial charge is 0.157 e. The van der Waals surface area contributed by atoms with E-state index in [1.54, 1.807) is 0 Å². The van der Waals surface area contributed by atoms with E-state index in [0.29, 0.717) is 5.92 Å². The monoisotopic (exact) mass is 217 g/mol. The maximum absolute atomic E-state index is 5.36. The van der Waals surface area contributed by atoms with E-state index in [2.05, 4.69) is 21.9 Å². The average molecular weight is 217 g/mol. The number of rotatable bonds is 1. The van der Waals surface area contributed by atoms with E-state index in [0.717, 1.165) is 43.0 Å². The summed E-state index contributed by atoms with van der Waals surface area (Å²) in [7, 11) is 0. The molecule has 16 heavy (non-hydrogen) atoms. The molecule has 1 aliphatic rings. The molecule has 1 aliphatic heterocycles. The second-order valence-electron chi connectivity index (χ2n) is 4.33. The molecule has 0 aliphatic carbocycles. The third kappa shape index (κ3) is 1.59. The van der Waals surface area contributed by atoms with Crippen molar-refractivity contribution in [2.24, 2.45) is 0 Å². The van der Waals surface area contributed by atoms with Gasteiger partial charge in [0.25, 0.3) is 0 Å². The van der Waals surface area contributed by atoms with Crippen LogP contribution < -0.4 is 0 Å². The van der Waals surface area contributed by atoms with E-state index in [1.165, 1.54) is 5.56 Å². The van der Waals surface area contributed by atoms with Gasteiger partial charge in [-0.3, -0.25) is 0 Å². The zero-order valence-corrected chi connectivity index (χ0v) is 9.36. The molecule has 0 radical (unpaired) electrons. The van der Waals surface area contributed by atoms with E-state index in [-0.39, 0.29) is 0 Å². The molecule has 1 fully saturated rings. The Kier molecular flexibility index (Phi) is 2.36. The minimum absolute atomic E-state index is 0.502. The Bertz CT molecular complexity index is 500. The zero-order valence-electron chi connectivity index (χ0n) is 9.36. The topological polar surface area (TPSA) is 50.8 Å². The number of imidazole rings is 1. The lowest BCUT2D eigenvalue weighted by molar-refractivity contribution is 0.0838. The maximum Gasteiger partial charge on any atom is 0.157 e. The first kappa shape index (κ1) is 9.78. The highest BCUT2D eigenvalue weighted by molar-refractivity contribution is 5.74. The van der Waals surface area contributed by atoms with Crippen LogP contribution in [-0.2, 0) is 4.74 Å². The van der Waals surface area contributed by atoms with Crippen LogP contribution in [0, 0.1) is 6.92 Å². The summed E-state index contributed by atoms with van der Waals surface area (Å²) < 4.78 is 5.36. The molecule has 2 aromatic rings. The van der Waals surface area contributed by atoms with E-state index in [9.17, 15) is 0 Å². The fourth-order valence-corrected chi connectivity index (χ4v) is 2.22. The number of aromatic amines is 1. The molecule has 1 N–H and O–H groups in total. The number of aromatic nitrogens is 3. The van der Waals surface area contributed by atoms with E-state index < -0.39 is 0 Å². The number of nitrogens with one attached hydrogen (secondary N) is 1. The molecule has 0 aromatic carbocycles. The third-order valence-corrected chi connectivity index (χ3v) is 3.21. The lowest BCUT2D eigenvalue weighted by Gasteiger charge is -2.19. The number of hydrogen-bond donors (Lipinski definition) is 1. The summed E-state index contributed by atoms with van der Waals surface area (Å²) in [6, 6.07) is 2.00. The minimum atomic E-state index is 0.502. The summed E-state index contributed by atoms with van der Waals surface area (Å²) in [6.07, 6.45) is 3.93. The Hall–Kier alpha value is -1.42. The molecule has 84 valence electrons. The molecule has 0 saturated carbocycles. The molecule has 4 nitrogen and oxygen atoms in total. The Morgan fingerprint density at radius 3 is 2.94 bits per heavy atom. The van der Waals surface area contributed by atoms with E-state index in [1.807, 2.05) is 12.3 Å². The van der Waals surface area contributed by atoms with Crippen molar-refractivity contribution in [2.45, 2.75) is 25.7 Å². The number of pyridine rings is 1. The van der Waals surface area contributed by atoms with Crippen molar-refractivity contribution in [3.8, 4) is 0 Å². The van der Waals surface area contributed by atoms with Crippen LogP contribution in [0.15, 0.2) is 12.3 Å². The molecular formula is C12H15N3O. The molecule has 0 amide bonds. The quantitative estimate of drug-likeness (QED) is 0.796. The largest absolute Gasteiger partial charge is 0.381 e. The third-order valence-electron chi connectivity index (χ3n) is 3.21. The summed E-state index contributed by atoms with van der Waals surface area (Å²) in [5.41, 5.74) is 3.09. The molecule has 0 spiro atoms. The molecule has 3 rings (SSSR count). The van der Waals surface area contributed by atoms with Gasteiger partial charge in [0.2, 0.25) is 0 Å². The first-order chi connectivity index (χ1) is 7.84. The fourth-order valence-electron chi connectivity index (χ4n) is 2.22. The SMILES string of the molecule is Cc1ccnc2[nH]c(C3CCOCC3)nc12. The van der Waals surface area contributed by atoms with Crippen molar-refractivity contribution >= 4 is 11.2 Å². The molecule has 0 bridgehead atoms. The first-order valence-electron chi connectivity index (χ1n) is 5.73. The predicted octanol–water partition coefficient (Wildman–Crippen LogP) is 2.16. The fraction of sp³-hybridized carbons (Fsp3) is 0.500. The molecule has 3 heterocycles. The number of nitrogens with zero attached hydrogens (tertiary/aromatic N) is 2. The molecule has 0 unspecified atom stereocenters. The normalized spacial score (nSPS) is 18.1. The van der Waals surface area contributed by atoms with Gasteiger partial charge in [-0.25, -0.2) is 9.97 Å². The van der Waals surface area contributed by atoms with Crippen molar-refractivity contribution in [1.82, 2.24) is 15.0 Å². The van der Waals surface area contributed by atoms with Gasteiger partial charge in [0, 0.05) is 25.3 Å². The van der Waals surface area contributed by atoms with Crippen LogP contribution in [0.25, 0.3) is 11.2 Å². The van der Waals surface area contributed by atoms with Crippen LogP contribution in [0.2, 0.25) is 0 Å². The van der Waals surface area contributed by atoms with Gasteiger partial charge in [-0.15, -0.1) is 0 Å². The van der Waals surface area contributed by atoms with Crippen LogP contribution in [0.1, 0.15) is 30.1 Å². The number of H-pyrrole nitrogens is 1. The summed E-state index contributed by atoms with van der Waals surface area (Å²) in [4.78, 5) is 12.3. The average Bonchev–Trinajstić information content (AvgIpc) is 2.76. The van der Waals surface area contributed by atoms with Gasteiger partial charge in [-0.2, -0.15) is 0 Å². The highest BCUT2D eigenvalue weighted by Gasteiger charge is 2.19. The van der Waals surface area contributed by atoms with Gasteiger partial charge in [-0.1, -0.05) is 0 Å². The van der Waals surface area contributed by atoms with Gasteiger partial charge < -0.3 is 9.72 Å². The lowest BCUT2D eigenvalue weighted by Crippen LogP contribution is -2.15. The van der Waals surface area contributed by atoms with Crippen LogP contribution in [0.4, 0.5) is 0 Å². The van der Waals surface area contributed by atoms with Gasteiger partial charge in [0.15, 0.2) is 5.65 Å². The lowest BCUT2D eigenvalue weighted by atomic mass is 10.00. The number of ether oxygens (including phenoxy) is 1. The molecular weight excluding hydrogens is 202 g/mol. The second-order valence-corrected chi connectivity index (χ2v) is 4.33. The Labute approximate surface area is 94.1 Å². The van der Waals surface area contributed by atoms with Crippen LogP contribution in [0.3, 0.4) is 0 Å². The Balaban J connectivity index is 2.01. The summed E-state index contributed by atoms with van der Waals surface area (Å²) >= 11 is 0. The van der Waals surface area contributed by atoms with E-state index >= 15 is 0 Å². The van der Waals surface area contributed by atoms with Crippen molar-refractivity contribution in [3.63, 3.8) is 0 Å². The molecule has 0 atom stereocenters. The second kappa shape index (κ2) is 3.87. The van der Waals surface area contributed by atoms with Gasteiger partial charge >= 0.3 is 0 Å². The highest BCUT2D eigenvalue weighted by Crippen LogP contribution is 2.26. The van der Waals surface area contributed by atoms with Crippen LogP contribution in [-0.4, -0.2) is 28.2 Å². The minimum Gasteiger partial charge on any atom is -0.381 e. The van der Waals surface area contributed by atoms with Gasteiger partial charge in [-0.05, 0) is 31.4 Å². The summed E-state index contributed by atoms with van der Waals surface area (Å²) in [5, 5.41) is 0. The van der Waals surface area contributed by atoms with Crippen LogP contribution in [0.5, 0.6) is 0 Å².